The zero-order valence-corrected chi connectivity index (χ0v) is 5.76. The maximum Gasteiger partial charge on any atom is 0.237 e. The van der Waals surface area contributed by atoms with Gasteiger partial charge in [-0.15, -0.1) is 6.58 Å². The molecule has 0 aromatic rings. The lowest BCUT2D eigenvalue weighted by Crippen LogP contribution is -2.25. The standard InChI is InChI=1S/C6H10N2O.H2O/c1-2-3-8-5-7-4-6(8)9;/h2,7H,1,3-5H2;1H2. The number of nitrogens with one attached hydrogen (secondary N) is 1. The molecular weight excluding hydrogens is 132 g/mol. The average Bonchev–Trinajstić information content (AvgIpc) is 2.18. The third kappa shape index (κ3) is 1.82. The summed E-state index contributed by atoms with van der Waals surface area (Å²) in [6, 6.07) is 0. The summed E-state index contributed by atoms with van der Waals surface area (Å²) in [5.41, 5.74) is 0. The molecule has 1 aliphatic rings. The average molecular weight is 144 g/mol. The number of amides is 1. The van der Waals surface area contributed by atoms with Gasteiger partial charge >= 0.3 is 0 Å². The molecule has 1 fully saturated rings. The molecule has 0 atom stereocenters. The van der Waals surface area contributed by atoms with Gasteiger partial charge in [-0.05, 0) is 0 Å². The van der Waals surface area contributed by atoms with Crippen molar-refractivity contribution in [3.63, 3.8) is 0 Å². The maximum absolute atomic E-state index is 10.8. The summed E-state index contributed by atoms with van der Waals surface area (Å²) in [5.74, 6) is 0.162. The van der Waals surface area contributed by atoms with Gasteiger partial charge in [0, 0.05) is 6.54 Å². The second kappa shape index (κ2) is 4.03. The van der Waals surface area contributed by atoms with E-state index in [1.807, 2.05) is 0 Å². The van der Waals surface area contributed by atoms with Crippen LogP contribution in [-0.2, 0) is 4.79 Å². The predicted octanol–water partition coefficient (Wildman–Crippen LogP) is -1.26. The van der Waals surface area contributed by atoms with Crippen molar-refractivity contribution < 1.29 is 10.3 Å². The van der Waals surface area contributed by atoms with Gasteiger partial charge in [-0.2, -0.15) is 0 Å². The Morgan fingerprint density at radius 1 is 1.80 bits per heavy atom. The number of carbonyl (C=O) groups is 1. The van der Waals surface area contributed by atoms with Gasteiger partial charge < -0.3 is 10.4 Å². The van der Waals surface area contributed by atoms with E-state index in [1.54, 1.807) is 11.0 Å². The highest BCUT2D eigenvalue weighted by Gasteiger charge is 2.16. The van der Waals surface area contributed by atoms with Crippen molar-refractivity contribution in [1.82, 2.24) is 10.2 Å². The SMILES string of the molecule is C=CCN1CNCC1=O.O. The van der Waals surface area contributed by atoms with Gasteiger partial charge in [0.25, 0.3) is 0 Å². The van der Waals surface area contributed by atoms with E-state index in [1.165, 1.54) is 0 Å². The fourth-order valence-electron chi connectivity index (χ4n) is 0.820. The lowest BCUT2D eigenvalue weighted by atomic mass is 10.5. The van der Waals surface area contributed by atoms with E-state index in [0.717, 1.165) is 0 Å². The van der Waals surface area contributed by atoms with E-state index >= 15 is 0 Å². The summed E-state index contributed by atoms with van der Waals surface area (Å²) in [7, 11) is 0. The van der Waals surface area contributed by atoms with Crippen LogP contribution >= 0.6 is 0 Å². The zero-order chi connectivity index (χ0) is 6.69. The van der Waals surface area contributed by atoms with Crippen molar-refractivity contribution in [3.05, 3.63) is 12.7 Å². The van der Waals surface area contributed by atoms with Crippen molar-refractivity contribution in [2.45, 2.75) is 0 Å². The Labute approximate surface area is 59.8 Å². The zero-order valence-electron chi connectivity index (χ0n) is 5.76. The molecular formula is C6H12N2O2. The van der Waals surface area contributed by atoms with Crippen LogP contribution in [0.1, 0.15) is 0 Å². The molecule has 0 unspecified atom stereocenters. The first-order valence-electron chi connectivity index (χ1n) is 2.94. The van der Waals surface area contributed by atoms with Crippen LogP contribution in [0.2, 0.25) is 0 Å². The molecule has 0 radical (unpaired) electrons. The number of carbonyl (C=O) groups excluding carboxylic acids is 1. The molecule has 58 valence electrons. The second-order valence-electron chi connectivity index (χ2n) is 1.99. The summed E-state index contributed by atoms with van der Waals surface area (Å²) < 4.78 is 0. The van der Waals surface area contributed by atoms with E-state index in [2.05, 4.69) is 11.9 Å². The summed E-state index contributed by atoms with van der Waals surface area (Å²) in [4.78, 5) is 12.5. The highest BCUT2D eigenvalue weighted by Crippen LogP contribution is 1.92. The molecule has 0 spiro atoms. The van der Waals surface area contributed by atoms with Crippen molar-refractivity contribution in [2.24, 2.45) is 0 Å². The van der Waals surface area contributed by atoms with Crippen molar-refractivity contribution in [1.29, 1.82) is 0 Å². The fraction of sp³-hybridized carbons (Fsp3) is 0.500. The van der Waals surface area contributed by atoms with Crippen LogP contribution in [0.4, 0.5) is 0 Å². The number of hydrogen-bond donors (Lipinski definition) is 1. The Morgan fingerprint density at radius 2 is 2.50 bits per heavy atom. The fourth-order valence-corrected chi connectivity index (χ4v) is 0.820. The molecule has 1 heterocycles. The third-order valence-electron chi connectivity index (χ3n) is 1.28. The number of rotatable bonds is 2. The Morgan fingerprint density at radius 3 is 2.90 bits per heavy atom. The van der Waals surface area contributed by atoms with E-state index < -0.39 is 0 Å². The number of hydrogen-bond acceptors (Lipinski definition) is 2. The summed E-state index contributed by atoms with van der Waals surface area (Å²) >= 11 is 0. The molecule has 0 aromatic carbocycles. The Bertz CT molecular complexity index is 136. The van der Waals surface area contributed by atoms with Crippen LogP contribution in [-0.4, -0.2) is 36.0 Å². The van der Waals surface area contributed by atoms with Crippen LogP contribution in [0.3, 0.4) is 0 Å². The lowest BCUT2D eigenvalue weighted by molar-refractivity contribution is -0.126. The van der Waals surface area contributed by atoms with Crippen LogP contribution in [0.15, 0.2) is 12.7 Å². The summed E-state index contributed by atoms with van der Waals surface area (Å²) in [6.45, 7) is 5.35. The largest absolute Gasteiger partial charge is 0.412 e. The van der Waals surface area contributed by atoms with Gasteiger partial charge in [-0.25, -0.2) is 0 Å². The van der Waals surface area contributed by atoms with Crippen LogP contribution in [0.5, 0.6) is 0 Å². The summed E-state index contributed by atoms with van der Waals surface area (Å²) in [6.07, 6.45) is 1.73. The van der Waals surface area contributed by atoms with E-state index in [9.17, 15) is 4.79 Å². The molecule has 0 bridgehead atoms. The molecule has 0 saturated carbocycles. The first-order chi connectivity index (χ1) is 4.34. The lowest BCUT2D eigenvalue weighted by Gasteiger charge is -2.09. The van der Waals surface area contributed by atoms with Gasteiger partial charge in [-0.3, -0.25) is 10.1 Å². The molecule has 3 N–H and O–H groups in total. The quantitative estimate of drug-likeness (QED) is 0.491. The molecule has 4 heteroatoms. The molecule has 4 nitrogen and oxygen atoms in total. The minimum absolute atomic E-state index is 0. The topological polar surface area (TPSA) is 63.8 Å². The molecule has 1 saturated heterocycles. The molecule has 1 aliphatic heterocycles. The molecule has 0 aromatic heterocycles. The maximum atomic E-state index is 10.8. The highest BCUT2D eigenvalue weighted by molar-refractivity contribution is 5.80. The normalized spacial score (nSPS) is 16.8. The van der Waals surface area contributed by atoms with Gasteiger partial charge in [0.2, 0.25) is 5.91 Å². The van der Waals surface area contributed by atoms with Crippen LogP contribution in [0, 0.1) is 0 Å². The van der Waals surface area contributed by atoms with Gasteiger partial charge in [0.15, 0.2) is 0 Å². The monoisotopic (exact) mass is 144 g/mol. The van der Waals surface area contributed by atoms with Crippen molar-refractivity contribution >= 4 is 5.91 Å². The first-order valence-corrected chi connectivity index (χ1v) is 2.94. The predicted molar refractivity (Wildman–Crippen MR) is 38.4 cm³/mol. The first kappa shape index (κ1) is 9.13. The third-order valence-corrected chi connectivity index (χ3v) is 1.28. The van der Waals surface area contributed by atoms with Crippen LogP contribution < -0.4 is 5.32 Å². The Balaban J connectivity index is 0.000000810. The minimum Gasteiger partial charge on any atom is -0.412 e. The van der Waals surface area contributed by atoms with Crippen molar-refractivity contribution in [2.75, 3.05) is 19.8 Å². The van der Waals surface area contributed by atoms with E-state index in [0.29, 0.717) is 19.8 Å². The minimum atomic E-state index is 0. The smallest absolute Gasteiger partial charge is 0.237 e. The van der Waals surface area contributed by atoms with Crippen molar-refractivity contribution in [3.8, 4) is 0 Å². The van der Waals surface area contributed by atoms with Crippen LogP contribution in [0.25, 0.3) is 0 Å². The van der Waals surface area contributed by atoms with Gasteiger partial charge in [0.1, 0.15) is 0 Å². The molecule has 0 aliphatic carbocycles. The second-order valence-corrected chi connectivity index (χ2v) is 1.99. The van der Waals surface area contributed by atoms with Gasteiger partial charge in [-0.1, -0.05) is 6.08 Å². The Kier molecular flexibility index (Phi) is 3.68. The number of nitrogens with zero attached hydrogens (tertiary/aromatic N) is 1. The molecule has 1 rings (SSSR count). The van der Waals surface area contributed by atoms with E-state index in [4.69, 9.17) is 0 Å². The van der Waals surface area contributed by atoms with E-state index in [-0.39, 0.29) is 11.4 Å². The molecule has 1 amide bonds. The highest BCUT2D eigenvalue weighted by atomic mass is 16.2. The Hall–Kier alpha value is -0.870. The molecule has 10 heavy (non-hydrogen) atoms. The summed E-state index contributed by atoms with van der Waals surface area (Å²) in [5, 5.41) is 2.94. The van der Waals surface area contributed by atoms with Gasteiger partial charge in [0.05, 0.1) is 13.2 Å².